The second-order valence-electron chi connectivity index (χ2n) is 11.0. The van der Waals surface area contributed by atoms with Crippen LogP contribution in [-0.2, 0) is 30.5 Å². The van der Waals surface area contributed by atoms with E-state index in [2.05, 4.69) is 19.9 Å². The quantitative estimate of drug-likeness (QED) is 0.211. The molecule has 20 heteroatoms. The van der Waals surface area contributed by atoms with Crippen LogP contribution in [0.4, 0.5) is 4.79 Å². The number of allylic oxidation sites excluding steroid dienone is 1. The predicted octanol–water partition coefficient (Wildman–Crippen LogP) is 0.817. The zero-order valence-corrected chi connectivity index (χ0v) is 26.5. The smallest absolute Gasteiger partial charge is 0.477 e. The summed E-state index contributed by atoms with van der Waals surface area (Å²) in [6.45, 7) is 3.80. The third-order valence-electron chi connectivity index (χ3n) is 8.17. The van der Waals surface area contributed by atoms with E-state index in [0.29, 0.717) is 36.5 Å². The fourth-order valence-electron chi connectivity index (χ4n) is 5.84. The summed E-state index contributed by atoms with van der Waals surface area (Å²) in [6.07, 6.45) is 1.70. The fourth-order valence-corrected chi connectivity index (χ4v) is 7.64. The molecule has 4 amide bonds. The molecule has 248 valence electrons. The van der Waals surface area contributed by atoms with E-state index in [-0.39, 0.29) is 59.5 Å². The highest BCUT2D eigenvalue weighted by molar-refractivity contribution is 8.00. The van der Waals surface area contributed by atoms with Crippen molar-refractivity contribution in [2.45, 2.75) is 56.8 Å². The number of aryl methyl sites for hydroxylation is 2. The molecule has 0 aromatic carbocycles. The molecule has 2 aromatic heterocycles. The Labute approximate surface area is 272 Å². The van der Waals surface area contributed by atoms with Gasteiger partial charge in [-0.25, -0.2) is 19.4 Å². The molecular weight excluding hydrogens is 662 g/mol. The minimum atomic E-state index is -1.56. The Balaban J connectivity index is 1.09. The lowest BCUT2D eigenvalue weighted by atomic mass is 10.0. The molecule has 0 bridgehead atoms. The highest BCUT2D eigenvalue weighted by atomic mass is 32.2. The van der Waals surface area contributed by atoms with Crippen molar-refractivity contribution < 1.29 is 42.7 Å². The van der Waals surface area contributed by atoms with Crippen molar-refractivity contribution in [1.29, 1.82) is 0 Å². The third kappa shape index (κ3) is 6.04. The maximum absolute atomic E-state index is 13.4. The van der Waals surface area contributed by atoms with Crippen molar-refractivity contribution in [1.82, 2.24) is 29.4 Å². The number of amides is 4. The van der Waals surface area contributed by atoms with Crippen LogP contribution in [0.3, 0.4) is 0 Å². The molecule has 2 N–H and O–H groups in total. The van der Waals surface area contributed by atoms with Crippen molar-refractivity contribution in [2.75, 3.05) is 25.4 Å². The van der Waals surface area contributed by atoms with Crippen LogP contribution in [0.1, 0.15) is 41.2 Å². The second kappa shape index (κ2) is 12.7. The van der Waals surface area contributed by atoms with Crippen molar-refractivity contribution in [3.05, 3.63) is 60.8 Å². The van der Waals surface area contributed by atoms with Crippen LogP contribution < -0.4 is 11.1 Å². The summed E-state index contributed by atoms with van der Waals surface area (Å²) in [5.41, 5.74) is 0.353. The summed E-state index contributed by atoms with van der Waals surface area (Å²) >= 11 is 2.20. The van der Waals surface area contributed by atoms with Gasteiger partial charge in [0.1, 0.15) is 22.1 Å². The minimum absolute atomic E-state index is 0.0860. The van der Waals surface area contributed by atoms with Gasteiger partial charge in [0.05, 0.1) is 6.04 Å². The van der Waals surface area contributed by atoms with Gasteiger partial charge in [0, 0.05) is 31.0 Å². The lowest BCUT2D eigenvalue weighted by Crippen LogP contribution is -2.70. The van der Waals surface area contributed by atoms with E-state index in [0.717, 1.165) is 16.4 Å². The first-order chi connectivity index (χ1) is 22.5. The van der Waals surface area contributed by atoms with E-state index in [1.54, 1.807) is 11.8 Å². The molecule has 47 heavy (non-hydrogen) atoms. The van der Waals surface area contributed by atoms with Crippen LogP contribution in [0.2, 0.25) is 0 Å². The number of likely N-dealkylation sites (tertiary alicyclic amines) is 2. The van der Waals surface area contributed by atoms with Gasteiger partial charge in [-0.05, 0) is 55.0 Å². The average Bonchev–Trinajstić information content (AvgIpc) is 3.83. The first kappa shape index (κ1) is 32.1. The molecule has 4 atom stereocenters. The molecule has 2 aromatic rings. The van der Waals surface area contributed by atoms with Crippen LogP contribution in [0, 0.1) is 18.8 Å². The van der Waals surface area contributed by atoms with Gasteiger partial charge in [-0.2, -0.15) is 4.37 Å². The van der Waals surface area contributed by atoms with Gasteiger partial charge < -0.3 is 33.8 Å². The number of fused-ring (bicyclic) bond motifs is 1. The van der Waals surface area contributed by atoms with Crippen LogP contribution in [0.25, 0.3) is 0 Å². The number of nitroso groups, excluding NO2 is 1. The third-order valence-corrected chi connectivity index (χ3v) is 10.1. The number of carboxylic acid groups (broad SMARTS) is 1. The molecule has 6 heterocycles. The molecule has 0 saturated carbocycles. The predicted molar refractivity (Wildman–Crippen MR) is 159 cm³/mol. The van der Waals surface area contributed by atoms with Crippen LogP contribution >= 0.6 is 23.3 Å². The van der Waals surface area contributed by atoms with E-state index in [1.165, 1.54) is 29.7 Å². The summed E-state index contributed by atoms with van der Waals surface area (Å²) in [5, 5.41) is 15.1. The Morgan fingerprint density at radius 3 is 2.66 bits per heavy atom. The number of carboxylic acids is 1. The average molecular weight is 690 g/mol. The molecule has 4 aliphatic rings. The summed E-state index contributed by atoms with van der Waals surface area (Å²) in [6, 6.07) is -2.94. The standard InChI is InChI=1S/C27H27N7O11S2/c1-11-16(45-27(41)44-11)9-43-26(40)32-5-4-15(8-32)33-6-3-13(22(33)36)7-14-10-46-24-18(23(37)34(24)19(14)25(38)39)29-21(35)17(30-42)20-28-12(2)47-31-20/h7,15,17-18,24H,3-6,8-10H2,1-2H3,(H,29,35)(H,38,39). The molecule has 0 radical (unpaired) electrons. The molecule has 3 fully saturated rings. The maximum Gasteiger partial charge on any atom is 0.519 e. The Kier molecular flexibility index (Phi) is 8.70. The van der Waals surface area contributed by atoms with Gasteiger partial charge in [-0.15, -0.1) is 16.7 Å². The number of β-lactam (4-membered cyclic amide) rings is 1. The molecule has 3 saturated heterocycles. The van der Waals surface area contributed by atoms with E-state index in [1.807, 2.05) is 0 Å². The summed E-state index contributed by atoms with van der Waals surface area (Å²) in [5.74, 6) is -3.75. The molecule has 4 unspecified atom stereocenters. The van der Waals surface area contributed by atoms with Crippen molar-refractivity contribution in [2.24, 2.45) is 5.18 Å². The molecule has 6 rings (SSSR count). The number of rotatable bonds is 9. The number of carbonyl (C=O) groups excluding carboxylic acids is 4. The number of carbonyl (C=O) groups is 5. The first-order valence-corrected chi connectivity index (χ1v) is 16.2. The van der Waals surface area contributed by atoms with Gasteiger partial charge in [0.2, 0.25) is 11.9 Å². The lowest BCUT2D eigenvalue weighted by molar-refractivity contribution is -0.150. The van der Waals surface area contributed by atoms with Gasteiger partial charge >= 0.3 is 17.9 Å². The molecule has 4 aliphatic heterocycles. The highest BCUT2D eigenvalue weighted by Crippen LogP contribution is 2.41. The van der Waals surface area contributed by atoms with E-state index < -0.39 is 47.2 Å². The highest BCUT2D eigenvalue weighted by Gasteiger charge is 2.54. The Morgan fingerprint density at radius 2 is 2.00 bits per heavy atom. The second-order valence-corrected chi connectivity index (χ2v) is 13.1. The van der Waals surface area contributed by atoms with Gasteiger partial charge in [0.25, 0.3) is 11.8 Å². The molecule has 0 spiro atoms. The zero-order valence-electron chi connectivity index (χ0n) is 24.9. The van der Waals surface area contributed by atoms with E-state index in [9.17, 15) is 38.8 Å². The maximum atomic E-state index is 13.4. The monoisotopic (exact) mass is 689 g/mol. The Morgan fingerprint density at radius 1 is 1.21 bits per heavy atom. The first-order valence-electron chi connectivity index (χ1n) is 14.3. The largest absolute Gasteiger partial charge is 0.519 e. The van der Waals surface area contributed by atoms with Crippen molar-refractivity contribution in [3.63, 3.8) is 0 Å². The van der Waals surface area contributed by atoms with Gasteiger partial charge in [0.15, 0.2) is 24.0 Å². The minimum Gasteiger partial charge on any atom is -0.477 e. The number of hydrogen-bond donors (Lipinski definition) is 2. The fraction of sp³-hybridized carbons (Fsp3) is 0.481. The molecule has 0 aliphatic carbocycles. The number of thioether (sulfide) groups is 1. The summed E-state index contributed by atoms with van der Waals surface area (Å²) in [4.78, 5) is 94.9. The Bertz CT molecular complexity index is 1800. The van der Waals surface area contributed by atoms with E-state index >= 15 is 0 Å². The molecular formula is C27H27N7O11S2. The lowest BCUT2D eigenvalue weighted by Gasteiger charge is -2.49. The number of aromatic nitrogens is 2. The molecule has 18 nitrogen and oxygen atoms in total. The van der Waals surface area contributed by atoms with Crippen LogP contribution in [0.15, 0.2) is 41.7 Å². The normalized spacial score (nSPS) is 24.0. The summed E-state index contributed by atoms with van der Waals surface area (Å²) in [7, 11) is 0. The SMILES string of the molecule is Cc1nc(C(N=O)C(=O)NC2C(=O)N3C(C(=O)O)=C(C=C4CCN(C5CCN(C(=O)OCc6oc(=O)oc6C)C5)C4=O)CSC23)ns1. The number of ether oxygens (including phenoxy) is 1. The number of nitrogens with zero attached hydrogens (tertiary/aromatic N) is 6. The number of hydrogen-bond acceptors (Lipinski definition) is 15. The topological polar surface area (TPSA) is 235 Å². The van der Waals surface area contributed by atoms with Gasteiger partial charge in [-0.3, -0.25) is 19.3 Å². The van der Waals surface area contributed by atoms with Crippen LogP contribution in [-0.4, -0.2) is 102 Å². The van der Waals surface area contributed by atoms with Crippen molar-refractivity contribution >= 4 is 53.1 Å². The summed E-state index contributed by atoms with van der Waals surface area (Å²) < 4.78 is 18.8. The zero-order chi connectivity index (χ0) is 33.6. The van der Waals surface area contributed by atoms with Crippen molar-refractivity contribution in [3.8, 4) is 0 Å². The van der Waals surface area contributed by atoms with Gasteiger partial charge in [-0.1, -0.05) is 0 Å². The van der Waals surface area contributed by atoms with Crippen LogP contribution in [0.5, 0.6) is 0 Å². The number of nitrogens with one attached hydrogen (secondary N) is 1. The number of aliphatic carboxylic acids is 1. The van der Waals surface area contributed by atoms with E-state index in [4.69, 9.17) is 13.6 Å². The Hall–Kier alpha value is -4.85.